The lowest BCUT2D eigenvalue weighted by molar-refractivity contribution is -0.870. The molecule has 0 aliphatic carbocycles. The summed E-state index contributed by atoms with van der Waals surface area (Å²) in [5.74, 6) is -1.10. The van der Waals surface area contributed by atoms with Gasteiger partial charge in [0.1, 0.15) is 19.8 Å². The van der Waals surface area contributed by atoms with E-state index in [-0.39, 0.29) is 26.1 Å². The Morgan fingerprint density at radius 3 is 1.62 bits per heavy atom. The second-order valence-electron chi connectivity index (χ2n) is 15.1. The predicted molar refractivity (Wildman–Crippen MR) is 250 cm³/mol. The maximum Gasteiger partial charge on any atom is 0.306 e. The topological polar surface area (TPSA) is 131 Å². The van der Waals surface area contributed by atoms with Crippen molar-refractivity contribution in [1.82, 2.24) is 0 Å². The molecule has 0 aromatic carbocycles. The molecule has 0 rings (SSSR count). The van der Waals surface area contributed by atoms with Gasteiger partial charge in [0.15, 0.2) is 6.10 Å². The van der Waals surface area contributed by atoms with Gasteiger partial charge in [-0.3, -0.25) is 14.2 Å². The van der Waals surface area contributed by atoms with Crippen LogP contribution in [-0.4, -0.2) is 81.2 Å². The van der Waals surface area contributed by atoms with Crippen LogP contribution in [0.3, 0.4) is 0 Å². The van der Waals surface area contributed by atoms with Crippen molar-refractivity contribution in [1.29, 1.82) is 0 Å². The second-order valence-corrected chi connectivity index (χ2v) is 16.6. The second kappa shape index (κ2) is 40.2. The van der Waals surface area contributed by atoms with Gasteiger partial charge in [0, 0.05) is 12.8 Å². The first-order valence-electron chi connectivity index (χ1n) is 22.0. The van der Waals surface area contributed by atoms with Crippen LogP contribution in [0.1, 0.15) is 110 Å². The van der Waals surface area contributed by atoms with Gasteiger partial charge in [0.05, 0.1) is 33.9 Å². The molecular weight excluding hydrogens is 790 g/mol. The van der Waals surface area contributed by atoms with E-state index in [1.54, 1.807) is 18.2 Å². The lowest BCUT2D eigenvalue weighted by Crippen LogP contribution is -2.37. The van der Waals surface area contributed by atoms with E-state index in [2.05, 4.69) is 98.9 Å². The smallest absolute Gasteiger partial charge is 0.306 e. The Labute approximate surface area is 369 Å². The molecule has 0 saturated carbocycles. The third-order valence-electron chi connectivity index (χ3n) is 8.26. The summed E-state index contributed by atoms with van der Waals surface area (Å²) in [6, 6.07) is 0. The summed E-state index contributed by atoms with van der Waals surface area (Å²) in [4.78, 5) is 37.5. The molecule has 2 unspecified atom stereocenters. The SMILES string of the molecule is CC/C=C\C/C=C\C/C=C\C/C=C\C=C/C(O)C/C=C\CCC(=O)OC[C@H](COP(=O)([O-])OCC[N+](C)(C)C)OC(=O)CCC/C=C\C/C=C\C/C=C\C/C=C\C/C=C\CC. The Kier molecular flexibility index (Phi) is 37.6. The molecule has 11 heteroatoms. The molecule has 0 aliphatic rings. The van der Waals surface area contributed by atoms with Crippen LogP contribution < -0.4 is 4.89 Å². The van der Waals surface area contributed by atoms with Crippen LogP contribution in [0.4, 0.5) is 0 Å². The minimum absolute atomic E-state index is 0.0490. The Morgan fingerprint density at radius 2 is 1.10 bits per heavy atom. The monoisotopic (exact) mass is 868 g/mol. The maximum absolute atomic E-state index is 12.7. The van der Waals surface area contributed by atoms with Gasteiger partial charge < -0.3 is 33.0 Å². The molecule has 61 heavy (non-hydrogen) atoms. The van der Waals surface area contributed by atoms with Gasteiger partial charge >= 0.3 is 11.9 Å². The summed E-state index contributed by atoms with van der Waals surface area (Å²) in [7, 11) is 1.01. The van der Waals surface area contributed by atoms with E-state index in [0.29, 0.717) is 36.7 Å². The predicted octanol–water partition coefficient (Wildman–Crippen LogP) is 11.0. The normalized spacial score (nSPS) is 15.3. The number of carbonyl (C=O) groups is 2. The molecular formula is C50H78NO9P. The zero-order chi connectivity index (χ0) is 45.1. The fourth-order valence-corrected chi connectivity index (χ4v) is 5.58. The van der Waals surface area contributed by atoms with E-state index in [1.807, 2.05) is 51.5 Å². The zero-order valence-corrected chi connectivity index (χ0v) is 38.8. The quantitative estimate of drug-likeness (QED) is 0.0162. The summed E-state index contributed by atoms with van der Waals surface area (Å²) in [6.07, 6.45) is 53.8. The Balaban J connectivity index is 4.70. The van der Waals surface area contributed by atoms with Gasteiger partial charge in [-0.05, 0) is 83.5 Å². The first kappa shape index (κ1) is 57.1. The van der Waals surface area contributed by atoms with Crippen molar-refractivity contribution in [2.45, 2.75) is 122 Å². The zero-order valence-electron chi connectivity index (χ0n) is 37.9. The molecule has 3 atom stereocenters. The molecule has 0 amide bonds. The van der Waals surface area contributed by atoms with Gasteiger partial charge in [0.2, 0.25) is 0 Å². The molecule has 342 valence electrons. The number of rotatable bonds is 37. The van der Waals surface area contributed by atoms with Gasteiger partial charge in [-0.15, -0.1) is 0 Å². The summed E-state index contributed by atoms with van der Waals surface area (Å²) in [6.45, 7) is 3.68. The van der Waals surface area contributed by atoms with Crippen molar-refractivity contribution in [2.24, 2.45) is 0 Å². The van der Waals surface area contributed by atoms with E-state index < -0.39 is 38.6 Å². The van der Waals surface area contributed by atoms with Crippen LogP contribution in [-0.2, 0) is 32.7 Å². The lowest BCUT2D eigenvalue weighted by Gasteiger charge is -2.28. The minimum Gasteiger partial charge on any atom is -0.756 e. The number of hydrogen-bond acceptors (Lipinski definition) is 9. The number of hydrogen-bond donors (Lipinski definition) is 1. The highest BCUT2D eigenvalue weighted by atomic mass is 31.2. The summed E-state index contributed by atoms with van der Waals surface area (Å²) in [5, 5.41) is 10.2. The van der Waals surface area contributed by atoms with E-state index in [0.717, 1.165) is 57.8 Å². The molecule has 0 aromatic heterocycles. The molecule has 10 nitrogen and oxygen atoms in total. The average molecular weight is 868 g/mol. The first-order valence-corrected chi connectivity index (χ1v) is 23.5. The van der Waals surface area contributed by atoms with Gasteiger partial charge in [-0.25, -0.2) is 0 Å². The van der Waals surface area contributed by atoms with Crippen molar-refractivity contribution in [2.75, 3.05) is 47.5 Å². The number of phosphoric acid groups is 1. The number of carbonyl (C=O) groups excluding carboxylic acids is 2. The molecule has 0 spiro atoms. The summed E-state index contributed by atoms with van der Waals surface area (Å²) in [5.41, 5.74) is 0. The third-order valence-corrected chi connectivity index (χ3v) is 9.22. The van der Waals surface area contributed by atoms with Crippen LogP contribution in [0.5, 0.6) is 0 Å². The minimum atomic E-state index is -4.69. The van der Waals surface area contributed by atoms with Crippen molar-refractivity contribution in [3.63, 3.8) is 0 Å². The number of aliphatic hydroxyl groups excluding tert-OH is 1. The molecule has 0 aliphatic heterocycles. The van der Waals surface area contributed by atoms with Crippen LogP contribution in [0.25, 0.3) is 0 Å². The number of quaternary nitrogens is 1. The standard InChI is InChI=1S/C50H78NO9P/c1-6-8-10-12-14-16-18-20-21-22-23-25-27-29-31-33-37-42-50(54)60-48(46-59-61(55,56)58-44-43-51(3,4)5)45-57-49(53)41-38-34-36-40-47(52)39-35-32-30-28-26-24-19-17-15-13-11-9-7-2/h8-11,14-17,20-21,23-26,29-32,34-36,39,47-48,52H,6-7,12-13,18-19,22,27-28,33,37-38,40-46H2,1-5H3/b10-8-,11-9-,16-14-,17-15-,21-20-,25-23-,26-24-,31-29-,32-30-,36-34-,39-35-/t47?,48-/m1/s1. The summed E-state index contributed by atoms with van der Waals surface area (Å²) >= 11 is 0. The molecule has 0 fully saturated rings. The highest BCUT2D eigenvalue weighted by Gasteiger charge is 2.21. The lowest BCUT2D eigenvalue weighted by atomic mass is 10.2. The number of phosphoric ester groups is 1. The Bertz CT molecular complexity index is 1510. The van der Waals surface area contributed by atoms with Crippen molar-refractivity contribution in [3.05, 3.63) is 134 Å². The first-order chi connectivity index (χ1) is 29.4. The average Bonchev–Trinajstić information content (AvgIpc) is 3.21. The third kappa shape index (κ3) is 44.0. The van der Waals surface area contributed by atoms with Crippen molar-refractivity contribution >= 4 is 19.8 Å². The number of aliphatic hydroxyl groups is 1. The van der Waals surface area contributed by atoms with E-state index in [4.69, 9.17) is 18.5 Å². The Hall–Kier alpha value is -3.89. The van der Waals surface area contributed by atoms with Gasteiger partial charge in [0.25, 0.3) is 7.82 Å². The van der Waals surface area contributed by atoms with Crippen LogP contribution in [0.15, 0.2) is 134 Å². The van der Waals surface area contributed by atoms with E-state index in [9.17, 15) is 24.2 Å². The van der Waals surface area contributed by atoms with Crippen LogP contribution in [0, 0.1) is 0 Å². The number of likely N-dealkylation sites (N-methyl/N-ethyl adjacent to an activating group) is 1. The number of unbranched alkanes of at least 4 members (excludes halogenated alkanes) is 1. The fourth-order valence-electron chi connectivity index (χ4n) is 4.86. The van der Waals surface area contributed by atoms with Crippen LogP contribution in [0.2, 0.25) is 0 Å². The van der Waals surface area contributed by atoms with Crippen LogP contribution >= 0.6 is 7.82 Å². The molecule has 0 heterocycles. The number of ether oxygens (including phenoxy) is 2. The highest BCUT2D eigenvalue weighted by molar-refractivity contribution is 7.45. The highest BCUT2D eigenvalue weighted by Crippen LogP contribution is 2.38. The number of esters is 2. The van der Waals surface area contributed by atoms with Gasteiger partial charge in [-0.2, -0.15) is 0 Å². The fraction of sp³-hybridized carbons (Fsp3) is 0.520. The number of allylic oxidation sites excluding steroid dienone is 20. The molecule has 0 bridgehead atoms. The van der Waals surface area contributed by atoms with E-state index in [1.165, 1.54) is 0 Å². The Morgan fingerprint density at radius 1 is 0.607 bits per heavy atom. The van der Waals surface area contributed by atoms with Crippen molar-refractivity contribution in [3.8, 4) is 0 Å². The number of nitrogens with zero attached hydrogens (tertiary/aromatic N) is 1. The van der Waals surface area contributed by atoms with Gasteiger partial charge in [-0.1, -0.05) is 148 Å². The molecule has 0 aromatic rings. The van der Waals surface area contributed by atoms with E-state index >= 15 is 0 Å². The summed E-state index contributed by atoms with van der Waals surface area (Å²) < 4.78 is 33.6. The largest absolute Gasteiger partial charge is 0.756 e. The molecule has 0 saturated heterocycles. The van der Waals surface area contributed by atoms with Crippen molar-refractivity contribution < 1.29 is 47.2 Å². The molecule has 1 N–H and O–H groups in total. The molecule has 0 radical (unpaired) electrons. The maximum atomic E-state index is 12.7.